The number of ether oxygens (including phenoxy) is 1. The van der Waals surface area contributed by atoms with Crippen molar-refractivity contribution in [2.24, 2.45) is 0 Å². The fraction of sp³-hybridized carbons (Fsp3) is 0.900. The molecule has 0 aromatic carbocycles. The lowest BCUT2D eigenvalue weighted by Gasteiger charge is -2.32. The van der Waals surface area contributed by atoms with Gasteiger partial charge in [-0.1, -0.05) is 6.42 Å². The summed E-state index contributed by atoms with van der Waals surface area (Å²) in [5, 5.41) is 8.93. The second-order valence-corrected chi connectivity index (χ2v) is 4.05. The maximum absolute atomic E-state index is 11.8. The van der Waals surface area contributed by atoms with Gasteiger partial charge in [0.1, 0.15) is 12.6 Å². The zero-order valence-electron chi connectivity index (χ0n) is 9.78. The summed E-state index contributed by atoms with van der Waals surface area (Å²) in [6.07, 6.45) is -2.05. The number of carboxylic acids is 1. The average molecular weight is 292 g/mol. The van der Waals surface area contributed by atoms with E-state index in [2.05, 4.69) is 4.74 Å². The van der Waals surface area contributed by atoms with Crippen LogP contribution in [0.2, 0.25) is 0 Å². The highest BCUT2D eigenvalue weighted by atomic mass is 35.5. The maximum atomic E-state index is 11.8. The lowest BCUT2D eigenvalue weighted by molar-refractivity contribution is -0.175. The maximum Gasteiger partial charge on any atom is 0.411 e. The quantitative estimate of drug-likeness (QED) is 0.786. The van der Waals surface area contributed by atoms with Crippen LogP contribution in [0.5, 0.6) is 0 Å². The van der Waals surface area contributed by atoms with Crippen molar-refractivity contribution < 1.29 is 27.8 Å². The molecule has 0 aromatic rings. The molecule has 1 aliphatic rings. The highest BCUT2D eigenvalue weighted by Gasteiger charge is 2.29. The van der Waals surface area contributed by atoms with Crippen molar-refractivity contribution in [1.29, 1.82) is 0 Å². The number of carbonyl (C=O) groups is 1. The Kier molecular flexibility index (Phi) is 7.58. The van der Waals surface area contributed by atoms with Crippen LogP contribution >= 0.6 is 12.4 Å². The smallest absolute Gasteiger partial charge is 0.411 e. The molecule has 1 fully saturated rings. The number of likely N-dealkylation sites (tertiary alicyclic amines) is 1. The molecule has 0 bridgehead atoms. The van der Waals surface area contributed by atoms with Gasteiger partial charge < -0.3 is 9.84 Å². The van der Waals surface area contributed by atoms with Gasteiger partial charge in [-0.25, -0.2) is 0 Å². The molecule has 0 aromatic heterocycles. The molecule has 1 unspecified atom stereocenters. The van der Waals surface area contributed by atoms with Gasteiger partial charge in [-0.15, -0.1) is 12.4 Å². The molecule has 8 heteroatoms. The molecular weight excluding hydrogens is 275 g/mol. The minimum absolute atomic E-state index is 0. The summed E-state index contributed by atoms with van der Waals surface area (Å²) < 4.78 is 39.8. The van der Waals surface area contributed by atoms with Gasteiger partial charge >= 0.3 is 12.1 Å². The molecule has 1 aliphatic heterocycles. The van der Waals surface area contributed by atoms with Crippen molar-refractivity contribution in [3.05, 3.63) is 0 Å². The molecule has 0 saturated carbocycles. The summed E-state index contributed by atoms with van der Waals surface area (Å²) in [4.78, 5) is 12.6. The largest absolute Gasteiger partial charge is 0.480 e. The van der Waals surface area contributed by atoms with Gasteiger partial charge in [0.25, 0.3) is 0 Å². The number of rotatable bonds is 5. The molecule has 0 aliphatic carbocycles. The second kappa shape index (κ2) is 7.81. The van der Waals surface area contributed by atoms with Crippen LogP contribution < -0.4 is 0 Å². The van der Waals surface area contributed by atoms with Gasteiger partial charge in [-0.2, -0.15) is 13.2 Å². The number of aliphatic carboxylic acids is 1. The third kappa shape index (κ3) is 6.42. The van der Waals surface area contributed by atoms with E-state index in [0.717, 1.165) is 12.8 Å². The van der Waals surface area contributed by atoms with Gasteiger partial charge in [0.15, 0.2) is 0 Å². The molecule has 1 heterocycles. The lowest BCUT2D eigenvalue weighted by atomic mass is 10.0. The summed E-state index contributed by atoms with van der Waals surface area (Å²) in [5.41, 5.74) is 0. The van der Waals surface area contributed by atoms with E-state index in [9.17, 15) is 18.0 Å². The first-order chi connectivity index (χ1) is 7.90. The molecule has 1 atom stereocenters. The Bertz CT molecular complexity index is 263. The van der Waals surface area contributed by atoms with Crippen molar-refractivity contribution in [3.8, 4) is 0 Å². The Hall–Kier alpha value is -0.530. The normalized spacial score (nSPS) is 21.4. The summed E-state index contributed by atoms with van der Waals surface area (Å²) in [7, 11) is 0. The summed E-state index contributed by atoms with van der Waals surface area (Å²) in [5.74, 6) is -0.916. The minimum atomic E-state index is -4.33. The van der Waals surface area contributed by atoms with E-state index in [-0.39, 0.29) is 25.6 Å². The number of hydrogen-bond acceptors (Lipinski definition) is 3. The van der Waals surface area contributed by atoms with E-state index in [1.54, 1.807) is 4.90 Å². The predicted octanol–water partition coefficient (Wildman–Crippen LogP) is 1.93. The van der Waals surface area contributed by atoms with Crippen LogP contribution in [0.4, 0.5) is 13.2 Å². The molecule has 0 radical (unpaired) electrons. The molecule has 1 saturated heterocycles. The Morgan fingerprint density at radius 3 is 2.61 bits per heavy atom. The monoisotopic (exact) mass is 291 g/mol. The molecule has 18 heavy (non-hydrogen) atoms. The van der Waals surface area contributed by atoms with Gasteiger partial charge in [-0.3, -0.25) is 9.69 Å². The number of halogens is 4. The first kappa shape index (κ1) is 17.5. The molecule has 0 spiro atoms. The van der Waals surface area contributed by atoms with E-state index in [1.165, 1.54) is 0 Å². The van der Waals surface area contributed by atoms with Gasteiger partial charge in [0.2, 0.25) is 0 Å². The van der Waals surface area contributed by atoms with Crippen LogP contribution in [0.1, 0.15) is 19.3 Å². The Labute approximate surface area is 109 Å². The van der Waals surface area contributed by atoms with Crippen molar-refractivity contribution in [3.63, 3.8) is 0 Å². The Morgan fingerprint density at radius 2 is 2.06 bits per heavy atom. The van der Waals surface area contributed by atoms with Crippen molar-refractivity contribution in [2.45, 2.75) is 31.5 Å². The number of alkyl halides is 3. The van der Waals surface area contributed by atoms with E-state index in [4.69, 9.17) is 5.11 Å². The highest BCUT2D eigenvalue weighted by molar-refractivity contribution is 5.85. The van der Waals surface area contributed by atoms with Crippen molar-refractivity contribution >= 4 is 18.4 Å². The average Bonchev–Trinajstić information content (AvgIpc) is 2.23. The van der Waals surface area contributed by atoms with Gasteiger partial charge in [0, 0.05) is 6.54 Å². The molecule has 4 nitrogen and oxygen atoms in total. The van der Waals surface area contributed by atoms with Gasteiger partial charge in [0.05, 0.1) is 6.61 Å². The van der Waals surface area contributed by atoms with Gasteiger partial charge in [-0.05, 0) is 19.4 Å². The Morgan fingerprint density at radius 1 is 1.39 bits per heavy atom. The molecule has 108 valence electrons. The van der Waals surface area contributed by atoms with Crippen molar-refractivity contribution in [2.75, 3.05) is 26.3 Å². The summed E-state index contributed by atoms with van der Waals surface area (Å²) >= 11 is 0. The fourth-order valence-corrected chi connectivity index (χ4v) is 1.91. The minimum Gasteiger partial charge on any atom is -0.480 e. The number of piperidine rings is 1. The second-order valence-electron chi connectivity index (χ2n) is 4.05. The SMILES string of the molecule is Cl.O=C(O)C1CCCCN1CCOCC(F)(F)F. The van der Waals surface area contributed by atoms with Crippen LogP contribution in [0.3, 0.4) is 0 Å². The van der Waals surface area contributed by atoms with E-state index < -0.39 is 24.8 Å². The number of hydrogen-bond donors (Lipinski definition) is 1. The zero-order valence-corrected chi connectivity index (χ0v) is 10.6. The predicted molar refractivity (Wildman–Crippen MR) is 61.0 cm³/mol. The molecule has 1 rings (SSSR count). The number of nitrogens with zero attached hydrogens (tertiary/aromatic N) is 1. The summed E-state index contributed by atoms with van der Waals surface area (Å²) in [6.45, 7) is -0.540. The molecule has 0 amide bonds. The first-order valence-electron chi connectivity index (χ1n) is 5.51. The number of carboxylic acid groups (broad SMARTS) is 1. The third-order valence-electron chi connectivity index (χ3n) is 2.69. The fourth-order valence-electron chi connectivity index (χ4n) is 1.91. The van der Waals surface area contributed by atoms with E-state index >= 15 is 0 Å². The summed E-state index contributed by atoms with van der Waals surface area (Å²) in [6, 6.07) is -0.585. The first-order valence-corrected chi connectivity index (χ1v) is 5.51. The van der Waals surface area contributed by atoms with Crippen molar-refractivity contribution in [1.82, 2.24) is 4.90 Å². The zero-order chi connectivity index (χ0) is 12.9. The molecular formula is C10H17ClF3NO3. The Balaban J connectivity index is 0.00000289. The van der Waals surface area contributed by atoms with E-state index in [0.29, 0.717) is 13.0 Å². The topological polar surface area (TPSA) is 49.8 Å². The van der Waals surface area contributed by atoms with Crippen LogP contribution in [0.15, 0.2) is 0 Å². The third-order valence-corrected chi connectivity index (χ3v) is 2.69. The van der Waals surface area contributed by atoms with Crippen LogP contribution in [-0.2, 0) is 9.53 Å². The lowest BCUT2D eigenvalue weighted by Crippen LogP contribution is -2.46. The van der Waals surface area contributed by atoms with Crippen LogP contribution in [0, 0.1) is 0 Å². The van der Waals surface area contributed by atoms with Crippen LogP contribution in [-0.4, -0.2) is 54.5 Å². The molecule has 1 N–H and O–H groups in total. The highest BCUT2D eigenvalue weighted by Crippen LogP contribution is 2.17. The van der Waals surface area contributed by atoms with E-state index in [1.807, 2.05) is 0 Å². The van der Waals surface area contributed by atoms with Crippen LogP contribution in [0.25, 0.3) is 0 Å². The standard InChI is InChI=1S/C10H16F3NO3.ClH/c11-10(12,13)7-17-6-5-14-4-2-1-3-8(14)9(15)16;/h8H,1-7H2,(H,15,16);1H.